The number of rotatable bonds is 5. The van der Waals surface area contributed by atoms with E-state index >= 15 is 0 Å². The fourth-order valence-electron chi connectivity index (χ4n) is 1.84. The highest BCUT2D eigenvalue weighted by molar-refractivity contribution is 7.80. The maximum absolute atomic E-state index is 13.2. The molecule has 1 amide bonds. The van der Waals surface area contributed by atoms with Crippen molar-refractivity contribution in [3.8, 4) is 0 Å². The number of benzene rings is 1. The average molecular weight is 281 g/mol. The van der Waals surface area contributed by atoms with Crippen LogP contribution in [0.2, 0.25) is 0 Å². The van der Waals surface area contributed by atoms with Gasteiger partial charge in [-0.25, -0.2) is 4.39 Å². The minimum atomic E-state index is -0.401. The molecule has 0 saturated heterocycles. The molecule has 4 nitrogen and oxygen atoms in total. The third-order valence-corrected chi connectivity index (χ3v) is 3.18. The van der Waals surface area contributed by atoms with Crippen molar-refractivity contribution in [1.82, 2.24) is 5.32 Å². The van der Waals surface area contributed by atoms with Gasteiger partial charge in [-0.05, 0) is 31.0 Å². The van der Waals surface area contributed by atoms with Crippen molar-refractivity contribution in [2.75, 3.05) is 18.5 Å². The largest absolute Gasteiger partial charge is 0.389 e. The van der Waals surface area contributed by atoms with Crippen molar-refractivity contribution < 1.29 is 9.18 Å². The number of thiocarbonyl (C=S) groups is 1. The fraction of sp³-hybridized carbons (Fsp3) is 0.385. The van der Waals surface area contributed by atoms with E-state index in [1.165, 1.54) is 12.1 Å². The van der Waals surface area contributed by atoms with Crippen LogP contribution in [0.1, 0.15) is 18.4 Å². The topological polar surface area (TPSA) is 58.4 Å². The molecule has 1 fully saturated rings. The number of hydrogen-bond donors (Lipinski definition) is 2. The predicted octanol–water partition coefficient (Wildman–Crippen LogP) is 1.17. The highest BCUT2D eigenvalue weighted by Gasteiger charge is 2.24. The molecule has 3 N–H and O–H groups in total. The second-order valence-electron chi connectivity index (χ2n) is 4.72. The summed E-state index contributed by atoms with van der Waals surface area (Å²) in [6.45, 7) is 0.192. The first kappa shape index (κ1) is 13.7. The van der Waals surface area contributed by atoms with Crippen LogP contribution in [0.5, 0.6) is 0 Å². The summed E-state index contributed by atoms with van der Waals surface area (Å²) < 4.78 is 13.2. The summed E-state index contributed by atoms with van der Waals surface area (Å²) in [4.78, 5) is 13.6. The summed E-state index contributed by atoms with van der Waals surface area (Å²) >= 11 is 4.91. The Kier molecular flexibility index (Phi) is 3.99. The fourth-order valence-corrected chi connectivity index (χ4v) is 2.00. The van der Waals surface area contributed by atoms with Crippen molar-refractivity contribution >= 4 is 28.8 Å². The van der Waals surface area contributed by atoms with Gasteiger partial charge in [0.1, 0.15) is 10.8 Å². The number of nitrogens with two attached hydrogens (primary N) is 1. The Morgan fingerprint density at radius 1 is 1.58 bits per heavy atom. The number of nitrogens with one attached hydrogen (secondary N) is 1. The van der Waals surface area contributed by atoms with Gasteiger partial charge in [-0.3, -0.25) is 4.79 Å². The first-order valence-electron chi connectivity index (χ1n) is 6.07. The number of hydrogen-bond acceptors (Lipinski definition) is 3. The molecule has 1 aromatic carbocycles. The molecule has 102 valence electrons. The molecule has 0 unspecified atom stereocenters. The van der Waals surface area contributed by atoms with Crippen molar-refractivity contribution in [3.05, 3.63) is 29.6 Å². The number of halogens is 1. The summed E-state index contributed by atoms with van der Waals surface area (Å²) in [5, 5.41) is 2.90. The van der Waals surface area contributed by atoms with Gasteiger partial charge in [0, 0.05) is 24.3 Å². The van der Waals surface area contributed by atoms with Crippen molar-refractivity contribution in [3.63, 3.8) is 0 Å². The number of likely N-dealkylation sites (N-methyl/N-ethyl adjacent to an activating group) is 1. The Morgan fingerprint density at radius 2 is 2.26 bits per heavy atom. The smallest absolute Gasteiger partial charge is 0.239 e. The summed E-state index contributed by atoms with van der Waals surface area (Å²) in [5.41, 5.74) is 6.67. The van der Waals surface area contributed by atoms with Crippen LogP contribution in [0.4, 0.5) is 10.1 Å². The normalized spacial score (nSPS) is 14.0. The van der Waals surface area contributed by atoms with Gasteiger partial charge in [0.25, 0.3) is 0 Å². The molecule has 1 aromatic rings. The van der Waals surface area contributed by atoms with Crippen LogP contribution in [0.25, 0.3) is 0 Å². The monoisotopic (exact) mass is 281 g/mol. The third-order valence-electron chi connectivity index (χ3n) is 2.96. The molecule has 0 bridgehead atoms. The Hall–Kier alpha value is -1.69. The molecular weight excluding hydrogens is 265 g/mol. The summed E-state index contributed by atoms with van der Waals surface area (Å²) in [6.07, 6.45) is 2.09. The van der Waals surface area contributed by atoms with Crippen LogP contribution in [0.15, 0.2) is 18.2 Å². The lowest BCUT2D eigenvalue weighted by Crippen LogP contribution is -2.37. The van der Waals surface area contributed by atoms with Gasteiger partial charge in [0.05, 0.1) is 6.54 Å². The van der Waals surface area contributed by atoms with Crippen LogP contribution < -0.4 is 16.0 Å². The maximum Gasteiger partial charge on any atom is 0.239 e. The van der Waals surface area contributed by atoms with E-state index in [4.69, 9.17) is 18.0 Å². The standard InChI is InChI=1S/C13H16FN3OS/c1-17(7-12(18)16-9-3-4-9)11-5-2-8(14)6-10(11)13(15)19/h2,5-6,9H,3-4,7H2,1H3,(H2,15,19)(H,16,18). The lowest BCUT2D eigenvalue weighted by Gasteiger charge is -2.21. The number of carbonyl (C=O) groups is 1. The third kappa shape index (κ3) is 3.64. The number of carbonyl (C=O) groups excluding carboxylic acids is 1. The van der Waals surface area contributed by atoms with Crippen molar-refractivity contribution in [2.45, 2.75) is 18.9 Å². The van der Waals surface area contributed by atoms with Gasteiger partial charge < -0.3 is 16.0 Å². The molecule has 0 aliphatic heterocycles. The second-order valence-corrected chi connectivity index (χ2v) is 5.16. The van der Waals surface area contributed by atoms with Gasteiger partial charge in [-0.1, -0.05) is 12.2 Å². The highest BCUT2D eigenvalue weighted by Crippen LogP contribution is 2.21. The average Bonchev–Trinajstić information content (AvgIpc) is 3.12. The van der Waals surface area contributed by atoms with Gasteiger partial charge in [0.2, 0.25) is 5.91 Å². The molecule has 0 atom stereocenters. The van der Waals surface area contributed by atoms with E-state index < -0.39 is 5.82 Å². The lowest BCUT2D eigenvalue weighted by atomic mass is 10.1. The van der Waals surface area contributed by atoms with E-state index in [2.05, 4.69) is 5.32 Å². The Bertz CT molecular complexity index is 517. The SMILES string of the molecule is CN(CC(=O)NC1CC1)c1ccc(F)cc1C(N)=S. The van der Waals surface area contributed by atoms with E-state index in [1.54, 1.807) is 18.0 Å². The van der Waals surface area contributed by atoms with E-state index in [-0.39, 0.29) is 17.4 Å². The van der Waals surface area contributed by atoms with Crippen LogP contribution in [0.3, 0.4) is 0 Å². The Labute approximate surface area is 116 Å². The van der Waals surface area contributed by atoms with Crippen LogP contribution >= 0.6 is 12.2 Å². The molecule has 0 heterocycles. The van der Waals surface area contributed by atoms with Crippen LogP contribution in [0, 0.1) is 5.82 Å². The Balaban J connectivity index is 2.10. The van der Waals surface area contributed by atoms with E-state index in [0.29, 0.717) is 17.3 Å². The molecule has 0 spiro atoms. The predicted molar refractivity (Wildman–Crippen MR) is 76.7 cm³/mol. The number of amides is 1. The summed E-state index contributed by atoms with van der Waals surface area (Å²) in [6, 6.07) is 4.51. The minimum absolute atomic E-state index is 0.0526. The maximum atomic E-state index is 13.2. The van der Waals surface area contributed by atoms with Gasteiger partial charge >= 0.3 is 0 Å². The number of nitrogens with zero attached hydrogens (tertiary/aromatic N) is 1. The lowest BCUT2D eigenvalue weighted by molar-refractivity contribution is -0.119. The zero-order chi connectivity index (χ0) is 14.0. The summed E-state index contributed by atoms with van der Waals surface area (Å²) in [7, 11) is 1.75. The van der Waals surface area contributed by atoms with E-state index in [1.807, 2.05) is 0 Å². The molecule has 19 heavy (non-hydrogen) atoms. The highest BCUT2D eigenvalue weighted by atomic mass is 32.1. The van der Waals surface area contributed by atoms with Gasteiger partial charge in [-0.2, -0.15) is 0 Å². The van der Waals surface area contributed by atoms with Crippen LogP contribution in [-0.2, 0) is 4.79 Å². The van der Waals surface area contributed by atoms with Gasteiger partial charge in [-0.15, -0.1) is 0 Å². The molecule has 1 aliphatic carbocycles. The molecule has 1 saturated carbocycles. The zero-order valence-electron chi connectivity index (χ0n) is 10.6. The molecule has 1 aliphatic rings. The van der Waals surface area contributed by atoms with Gasteiger partial charge in [0.15, 0.2) is 0 Å². The first-order valence-corrected chi connectivity index (χ1v) is 6.48. The quantitative estimate of drug-likeness (QED) is 0.796. The second kappa shape index (κ2) is 5.52. The minimum Gasteiger partial charge on any atom is -0.389 e. The van der Waals surface area contributed by atoms with Crippen molar-refractivity contribution in [2.24, 2.45) is 5.73 Å². The zero-order valence-corrected chi connectivity index (χ0v) is 11.5. The Morgan fingerprint density at radius 3 is 2.84 bits per heavy atom. The molecule has 0 radical (unpaired) electrons. The van der Waals surface area contributed by atoms with Crippen molar-refractivity contribution in [1.29, 1.82) is 0 Å². The molecule has 2 rings (SSSR count). The van der Waals surface area contributed by atoms with Crippen LogP contribution in [-0.4, -0.2) is 30.5 Å². The number of anilines is 1. The molecule has 6 heteroatoms. The molecular formula is C13H16FN3OS. The van der Waals surface area contributed by atoms with E-state index in [9.17, 15) is 9.18 Å². The molecule has 0 aromatic heterocycles. The summed E-state index contributed by atoms with van der Waals surface area (Å²) in [5.74, 6) is -0.453. The first-order chi connectivity index (χ1) is 8.97. The van der Waals surface area contributed by atoms with E-state index in [0.717, 1.165) is 12.8 Å².